The lowest BCUT2D eigenvalue weighted by Gasteiger charge is -2.17. The van der Waals surface area contributed by atoms with E-state index >= 15 is 0 Å². The fraction of sp³-hybridized carbons (Fsp3) is 0.308. The van der Waals surface area contributed by atoms with Crippen LogP contribution in [0.5, 0.6) is 0 Å². The number of rotatable bonds is 4. The first-order valence-corrected chi connectivity index (χ1v) is 5.64. The molecule has 1 aromatic carbocycles. The molecule has 0 heterocycles. The molecule has 0 aliphatic heterocycles. The highest BCUT2D eigenvalue weighted by Crippen LogP contribution is 2.19. The van der Waals surface area contributed by atoms with Crippen LogP contribution in [0.1, 0.15) is 31.9 Å². The smallest absolute Gasteiger partial charge is 0.246 e. The summed E-state index contributed by atoms with van der Waals surface area (Å²) in [6, 6.07) is 7.52. The van der Waals surface area contributed by atoms with Gasteiger partial charge in [-0.1, -0.05) is 37.2 Å². The summed E-state index contributed by atoms with van der Waals surface area (Å²) in [4.78, 5) is 11.5. The minimum atomic E-state index is -0.109. The summed E-state index contributed by atoms with van der Waals surface area (Å²) >= 11 is 5.81. The summed E-state index contributed by atoms with van der Waals surface area (Å²) in [6.07, 6.45) is 0.834. The van der Waals surface area contributed by atoms with Crippen molar-refractivity contribution in [3.05, 3.63) is 47.0 Å². The first-order chi connectivity index (χ1) is 7.54. The zero-order valence-corrected chi connectivity index (χ0v) is 10.3. The van der Waals surface area contributed by atoms with E-state index in [2.05, 4.69) is 11.9 Å². The molecule has 0 aliphatic rings. The van der Waals surface area contributed by atoms with Gasteiger partial charge in [0, 0.05) is 10.6 Å². The first kappa shape index (κ1) is 12.8. The van der Waals surface area contributed by atoms with Gasteiger partial charge in [-0.15, -0.1) is 0 Å². The molecule has 1 unspecified atom stereocenters. The number of benzene rings is 1. The summed E-state index contributed by atoms with van der Waals surface area (Å²) in [5, 5.41) is 3.62. The van der Waals surface area contributed by atoms with Crippen LogP contribution in [-0.4, -0.2) is 5.91 Å². The molecule has 0 saturated carbocycles. The van der Waals surface area contributed by atoms with Crippen molar-refractivity contribution in [1.29, 1.82) is 0 Å². The molecule has 0 aromatic heterocycles. The van der Waals surface area contributed by atoms with Gasteiger partial charge in [0.1, 0.15) is 0 Å². The predicted octanol–water partition coefficient (Wildman–Crippen LogP) is 3.48. The summed E-state index contributed by atoms with van der Waals surface area (Å²) in [7, 11) is 0. The van der Waals surface area contributed by atoms with Crippen molar-refractivity contribution in [1.82, 2.24) is 5.32 Å². The third-order valence-electron chi connectivity index (χ3n) is 2.37. The largest absolute Gasteiger partial charge is 0.346 e. The monoisotopic (exact) mass is 237 g/mol. The van der Waals surface area contributed by atoms with Gasteiger partial charge in [0.25, 0.3) is 0 Å². The van der Waals surface area contributed by atoms with E-state index in [9.17, 15) is 4.79 Å². The number of carbonyl (C=O) groups is 1. The maximum Gasteiger partial charge on any atom is 0.246 e. The average Bonchev–Trinajstić information content (AvgIpc) is 2.26. The maximum absolute atomic E-state index is 11.5. The van der Waals surface area contributed by atoms with Crippen molar-refractivity contribution in [2.24, 2.45) is 0 Å². The van der Waals surface area contributed by atoms with E-state index in [1.165, 1.54) is 0 Å². The molecule has 3 heteroatoms. The average molecular weight is 238 g/mol. The van der Waals surface area contributed by atoms with Crippen LogP contribution in [0, 0.1) is 0 Å². The molecule has 0 aliphatic carbocycles. The Bertz CT molecular complexity index is 383. The SMILES string of the molecule is C=C(C)C(=O)NC(CC)c1ccc(Cl)cc1. The molecule has 0 fully saturated rings. The van der Waals surface area contributed by atoms with Gasteiger partial charge in [-0.3, -0.25) is 4.79 Å². The van der Waals surface area contributed by atoms with Crippen molar-refractivity contribution >= 4 is 17.5 Å². The van der Waals surface area contributed by atoms with Gasteiger partial charge >= 0.3 is 0 Å². The Balaban J connectivity index is 2.78. The van der Waals surface area contributed by atoms with Crippen molar-refractivity contribution in [3.8, 4) is 0 Å². The van der Waals surface area contributed by atoms with Gasteiger partial charge in [0.05, 0.1) is 6.04 Å². The minimum absolute atomic E-state index is 0.0152. The van der Waals surface area contributed by atoms with Crippen molar-refractivity contribution in [2.75, 3.05) is 0 Å². The van der Waals surface area contributed by atoms with Crippen LogP contribution in [0.4, 0.5) is 0 Å². The summed E-state index contributed by atoms with van der Waals surface area (Å²) in [6.45, 7) is 7.34. The molecule has 1 rings (SSSR count). The maximum atomic E-state index is 11.5. The van der Waals surface area contributed by atoms with Gasteiger partial charge in [-0.05, 0) is 31.0 Å². The highest BCUT2D eigenvalue weighted by Gasteiger charge is 2.12. The van der Waals surface area contributed by atoms with E-state index in [0.29, 0.717) is 10.6 Å². The molecule has 1 atom stereocenters. The molecule has 1 N–H and O–H groups in total. The van der Waals surface area contributed by atoms with Gasteiger partial charge in [0.15, 0.2) is 0 Å². The zero-order valence-electron chi connectivity index (χ0n) is 9.59. The topological polar surface area (TPSA) is 29.1 Å². The zero-order chi connectivity index (χ0) is 12.1. The van der Waals surface area contributed by atoms with Crippen LogP contribution in [0.25, 0.3) is 0 Å². The number of halogens is 1. The first-order valence-electron chi connectivity index (χ1n) is 5.26. The van der Waals surface area contributed by atoms with Gasteiger partial charge in [-0.2, -0.15) is 0 Å². The Hall–Kier alpha value is -1.28. The number of hydrogen-bond donors (Lipinski definition) is 1. The second kappa shape index (κ2) is 5.71. The molecule has 0 saturated heterocycles. The van der Waals surface area contributed by atoms with E-state index in [-0.39, 0.29) is 11.9 Å². The Morgan fingerprint density at radius 1 is 1.44 bits per heavy atom. The van der Waals surface area contributed by atoms with Crippen LogP contribution < -0.4 is 5.32 Å². The second-order valence-electron chi connectivity index (χ2n) is 3.77. The third kappa shape index (κ3) is 3.38. The Labute approximate surface area is 101 Å². The Kier molecular flexibility index (Phi) is 4.56. The van der Waals surface area contributed by atoms with Crippen molar-refractivity contribution in [2.45, 2.75) is 26.3 Å². The van der Waals surface area contributed by atoms with Gasteiger partial charge in [-0.25, -0.2) is 0 Å². The molecule has 1 aromatic rings. The van der Waals surface area contributed by atoms with E-state index < -0.39 is 0 Å². The summed E-state index contributed by atoms with van der Waals surface area (Å²) in [5.74, 6) is -0.109. The highest BCUT2D eigenvalue weighted by molar-refractivity contribution is 6.30. The molecule has 1 amide bonds. The summed E-state index contributed by atoms with van der Waals surface area (Å²) in [5.41, 5.74) is 1.58. The molecule has 2 nitrogen and oxygen atoms in total. The van der Waals surface area contributed by atoms with Crippen LogP contribution >= 0.6 is 11.6 Å². The normalized spacial score (nSPS) is 11.9. The minimum Gasteiger partial charge on any atom is -0.346 e. The molecule has 0 radical (unpaired) electrons. The van der Waals surface area contributed by atoms with Crippen LogP contribution in [-0.2, 0) is 4.79 Å². The molecule has 0 bridgehead atoms. The van der Waals surface area contributed by atoms with E-state index in [0.717, 1.165) is 12.0 Å². The lowest BCUT2D eigenvalue weighted by atomic mass is 10.0. The third-order valence-corrected chi connectivity index (χ3v) is 2.63. The van der Waals surface area contributed by atoms with E-state index in [1.54, 1.807) is 6.92 Å². The number of carbonyl (C=O) groups excluding carboxylic acids is 1. The Morgan fingerprint density at radius 2 is 2.00 bits per heavy atom. The second-order valence-corrected chi connectivity index (χ2v) is 4.20. The van der Waals surface area contributed by atoms with Crippen LogP contribution in [0.15, 0.2) is 36.4 Å². The van der Waals surface area contributed by atoms with Gasteiger partial charge in [0.2, 0.25) is 5.91 Å². The molecular weight excluding hydrogens is 222 g/mol. The molecule has 16 heavy (non-hydrogen) atoms. The standard InChI is InChI=1S/C13H16ClNO/c1-4-12(15-13(16)9(2)3)10-5-7-11(14)8-6-10/h5-8,12H,2,4H2,1,3H3,(H,15,16). The highest BCUT2D eigenvalue weighted by atomic mass is 35.5. The Morgan fingerprint density at radius 3 is 2.44 bits per heavy atom. The molecule has 86 valence electrons. The quantitative estimate of drug-likeness (QED) is 0.799. The fourth-order valence-electron chi connectivity index (χ4n) is 1.40. The molecule has 0 spiro atoms. The van der Waals surface area contributed by atoms with Crippen molar-refractivity contribution < 1.29 is 4.79 Å². The lowest BCUT2D eigenvalue weighted by molar-refractivity contribution is -0.118. The predicted molar refractivity (Wildman–Crippen MR) is 67.4 cm³/mol. The van der Waals surface area contributed by atoms with E-state index in [1.807, 2.05) is 31.2 Å². The molecular formula is C13H16ClNO. The lowest BCUT2D eigenvalue weighted by Crippen LogP contribution is -2.28. The van der Waals surface area contributed by atoms with Crippen molar-refractivity contribution in [3.63, 3.8) is 0 Å². The fourth-order valence-corrected chi connectivity index (χ4v) is 1.52. The summed E-state index contributed by atoms with van der Waals surface area (Å²) < 4.78 is 0. The van der Waals surface area contributed by atoms with Crippen LogP contribution in [0.2, 0.25) is 5.02 Å². The number of amides is 1. The van der Waals surface area contributed by atoms with Gasteiger partial charge < -0.3 is 5.32 Å². The van der Waals surface area contributed by atoms with Crippen LogP contribution in [0.3, 0.4) is 0 Å². The number of nitrogens with one attached hydrogen (secondary N) is 1. The number of hydrogen-bond acceptors (Lipinski definition) is 1. The van der Waals surface area contributed by atoms with E-state index in [4.69, 9.17) is 11.6 Å².